The molecule has 1 unspecified atom stereocenters. The number of nitrogens with one attached hydrogen (secondary N) is 1. The molecule has 1 amide bonds. The van der Waals surface area contributed by atoms with Crippen LogP contribution in [0.15, 0.2) is 42.6 Å². The van der Waals surface area contributed by atoms with Crippen molar-refractivity contribution in [3.8, 4) is 11.3 Å². The molecule has 3 aromatic rings. The van der Waals surface area contributed by atoms with Gasteiger partial charge in [0.1, 0.15) is 0 Å². The normalized spacial score (nSPS) is 15.5. The summed E-state index contributed by atoms with van der Waals surface area (Å²) in [4.78, 5) is 20.5. The molecule has 0 aliphatic heterocycles. The summed E-state index contributed by atoms with van der Waals surface area (Å²) < 4.78 is 0.548. The third-order valence-electron chi connectivity index (χ3n) is 5.18. The number of halogens is 2. The second kappa shape index (κ2) is 8.97. The van der Waals surface area contributed by atoms with Gasteiger partial charge in [0.15, 0.2) is 0 Å². The molecule has 1 atom stereocenters. The summed E-state index contributed by atoms with van der Waals surface area (Å²) in [7, 11) is 1.54. The first-order valence-corrected chi connectivity index (χ1v) is 12.7. The Hall–Kier alpha value is -2.07. The van der Waals surface area contributed by atoms with Gasteiger partial charge in [-0.1, -0.05) is 0 Å². The van der Waals surface area contributed by atoms with Gasteiger partial charge < -0.3 is 0 Å². The van der Waals surface area contributed by atoms with Gasteiger partial charge in [-0.25, -0.2) is 0 Å². The van der Waals surface area contributed by atoms with Gasteiger partial charge in [0.05, 0.1) is 0 Å². The number of hydrogen-bond donors (Lipinski definition) is 2. The molecular weight excluding hydrogens is 482 g/mol. The van der Waals surface area contributed by atoms with Crippen LogP contribution in [0.25, 0.3) is 11.3 Å². The standard InChI is InChI=1S/C22H20AsCl2N4O/c1-27-22(30)20-21(26)28-11-19(29-20)13-4-2-3-12(7-13)10-23-17-6-5-15-16(17)8-14(24)9-18(15)25/h2-4,7-9,11,17H,5-6,10H2,1H3,(H2,26,28)(H,27,30). The fraction of sp³-hybridized carbons (Fsp3) is 0.227. The maximum absolute atomic E-state index is 12.0. The van der Waals surface area contributed by atoms with Crippen molar-refractivity contribution in [2.75, 3.05) is 12.8 Å². The van der Waals surface area contributed by atoms with Gasteiger partial charge >= 0.3 is 193 Å². The van der Waals surface area contributed by atoms with E-state index in [0.717, 1.165) is 28.6 Å². The molecule has 5 nitrogen and oxygen atoms in total. The molecule has 4 rings (SSSR count). The monoisotopic (exact) mass is 501 g/mol. The first-order chi connectivity index (χ1) is 14.5. The zero-order chi connectivity index (χ0) is 21.3. The summed E-state index contributed by atoms with van der Waals surface area (Å²) in [5.41, 5.74) is 11.3. The first-order valence-electron chi connectivity index (χ1n) is 9.54. The van der Waals surface area contributed by atoms with Crippen molar-refractivity contribution >= 4 is 50.7 Å². The van der Waals surface area contributed by atoms with Crippen LogP contribution < -0.4 is 11.1 Å². The summed E-state index contributed by atoms with van der Waals surface area (Å²) >= 11 is 12.7. The average molecular weight is 502 g/mol. The summed E-state index contributed by atoms with van der Waals surface area (Å²) in [5, 5.41) is 5.06. The van der Waals surface area contributed by atoms with Crippen LogP contribution in [-0.4, -0.2) is 38.7 Å². The molecule has 0 bridgehead atoms. The third-order valence-corrected chi connectivity index (χ3v) is 8.94. The molecule has 0 saturated heterocycles. The van der Waals surface area contributed by atoms with E-state index in [0.29, 0.717) is 15.4 Å². The van der Waals surface area contributed by atoms with Crippen molar-refractivity contribution in [1.82, 2.24) is 15.3 Å². The molecule has 0 spiro atoms. The fourth-order valence-electron chi connectivity index (χ4n) is 3.68. The summed E-state index contributed by atoms with van der Waals surface area (Å²) in [5.74, 6) is -0.225. The van der Waals surface area contributed by atoms with Crippen LogP contribution in [-0.2, 0) is 11.6 Å². The first kappa shape index (κ1) is 21.2. The van der Waals surface area contributed by atoms with Gasteiger partial charge in [0, 0.05) is 0 Å². The Morgan fingerprint density at radius 2 is 2.13 bits per heavy atom. The zero-order valence-electron chi connectivity index (χ0n) is 16.3. The van der Waals surface area contributed by atoms with Gasteiger partial charge in [-0.3, -0.25) is 0 Å². The van der Waals surface area contributed by atoms with E-state index in [-0.39, 0.29) is 33.2 Å². The van der Waals surface area contributed by atoms with E-state index in [9.17, 15) is 4.79 Å². The van der Waals surface area contributed by atoms with Crippen LogP contribution in [0, 0.1) is 0 Å². The number of aromatic nitrogens is 2. The van der Waals surface area contributed by atoms with Gasteiger partial charge in [-0.15, -0.1) is 0 Å². The number of benzene rings is 2. The Morgan fingerprint density at radius 1 is 1.30 bits per heavy atom. The van der Waals surface area contributed by atoms with Crippen LogP contribution in [0.5, 0.6) is 0 Å². The van der Waals surface area contributed by atoms with Gasteiger partial charge in [-0.2, -0.15) is 0 Å². The van der Waals surface area contributed by atoms with E-state index < -0.39 is 0 Å². The number of amides is 1. The zero-order valence-corrected chi connectivity index (χ0v) is 19.7. The minimum atomic E-state index is -0.347. The molecule has 0 saturated carbocycles. The number of nitrogen functional groups attached to an aromatic ring is 1. The van der Waals surface area contributed by atoms with E-state index in [2.05, 4.69) is 33.5 Å². The van der Waals surface area contributed by atoms with Gasteiger partial charge in [0.2, 0.25) is 0 Å². The molecule has 1 aliphatic carbocycles. The van der Waals surface area contributed by atoms with Crippen LogP contribution in [0.2, 0.25) is 10.0 Å². The number of carbonyl (C=O) groups is 1. The van der Waals surface area contributed by atoms with Crippen molar-refractivity contribution in [2.45, 2.75) is 22.8 Å². The number of anilines is 1. The quantitative estimate of drug-likeness (QED) is 0.511. The molecule has 0 fully saturated rings. The predicted molar refractivity (Wildman–Crippen MR) is 122 cm³/mol. The Bertz CT molecular complexity index is 1120. The number of hydrogen-bond acceptors (Lipinski definition) is 4. The second-order valence-corrected chi connectivity index (χ2v) is 10.7. The third kappa shape index (κ3) is 4.34. The van der Waals surface area contributed by atoms with E-state index in [4.69, 9.17) is 28.9 Å². The molecule has 1 heterocycles. The Labute approximate surface area is 192 Å². The minimum absolute atomic E-state index is 0.0505. The number of rotatable bonds is 5. The molecular formula is C22H20AsCl2N4O. The number of nitrogens with two attached hydrogens (primary N) is 1. The molecule has 1 aromatic heterocycles. The molecule has 1 radical (unpaired) electrons. The van der Waals surface area contributed by atoms with Crippen molar-refractivity contribution in [2.24, 2.45) is 0 Å². The fourth-order valence-corrected chi connectivity index (χ4v) is 7.15. The number of carbonyl (C=O) groups excluding carboxylic acids is 1. The summed E-state index contributed by atoms with van der Waals surface area (Å²) in [6.45, 7) is 0. The van der Waals surface area contributed by atoms with Crippen LogP contribution in [0.4, 0.5) is 5.82 Å². The number of nitrogens with zero attached hydrogens (tertiary/aromatic N) is 2. The van der Waals surface area contributed by atoms with E-state index in [1.807, 2.05) is 18.2 Å². The van der Waals surface area contributed by atoms with Gasteiger partial charge in [0.25, 0.3) is 0 Å². The van der Waals surface area contributed by atoms with E-state index in [1.165, 1.54) is 16.7 Å². The van der Waals surface area contributed by atoms with Crippen LogP contribution in [0.3, 0.4) is 0 Å². The predicted octanol–water partition coefficient (Wildman–Crippen LogP) is 4.28. The summed E-state index contributed by atoms with van der Waals surface area (Å²) in [6, 6.07) is 12.1. The average Bonchev–Trinajstić information content (AvgIpc) is 3.15. The van der Waals surface area contributed by atoms with Crippen LogP contribution in [0.1, 0.15) is 38.3 Å². The maximum atomic E-state index is 12.0. The number of fused-ring (bicyclic) bond motifs is 1. The van der Waals surface area contributed by atoms with Crippen molar-refractivity contribution < 1.29 is 4.79 Å². The SMILES string of the molecule is CNC(=O)c1nc(-c2cccc(C[As]C3CCc4c(Cl)cc(Cl)cc43)c2)cnc1N. The second-order valence-electron chi connectivity index (χ2n) is 7.12. The Morgan fingerprint density at radius 3 is 2.93 bits per heavy atom. The Balaban J connectivity index is 1.53. The van der Waals surface area contributed by atoms with Crippen LogP contribution >= 0.6 is 23.2 Å². The van der Waals surface area contributed by atoms with E-state index >= 15 is 0 Å². The summed E-state index contributed by atoms with van der Waals surface area (Å²) in [6.07, 6.45) is 3.76. The molecule has 3 N–H and O–H groups in total. The van der Waals surface area contributed by atoms with Crippen molar-refractivity contribution in [3.63, 3.8) is 0 Å². The van der Waals surface area contributed by atoms with Gasteiger partial charge in [-0.05, 0) is 0 Å². The van der Waals surface area contributed by atoms with E-state index in [1.54, 1.807) is 13.2 Å². The molecule has 153 valence electrons. The Kier molecular flexibility index (Phi) is 6.33. The van der Waals surface area contributed by atoms with Crippen molar-refractivity contribution in [3.05, 3.63) is 75.0 Å². The molecule has 1 aliphatic rings. The molecule has 30 heavy (non-hydrogen) atoms. The van der Waals surface area contributed by atoms with Crippen molar-refractivity contribution in [1.29, 1.82) is 0 Å². The topological polar surface area (TPSA) is 80.9 Å². The molecule has 2 aromatic carbocycles. The molecule has 8 heteroatoms.